The van der Waals surface area contributed by atoms with Crippen molar-refractivity contribution < 1.29 is 9.53 Å². The van der Waals surface area contributed by atoms with Gasteiger partial charge >= 0.3 is 0 Å². The van der Waals surface area contributed by atoms with E-state index in [2.05, 4.69) is 31.0 Å². The maximum Gasteiger partial charge on any atom is 0.242 e. The van der Waals surface area contributed by atoms with Gasteiger partial charge in [-0.1, -0.05) is 12.1 Å². The third-order valence-corrected chi connectivity index (χ3v) is 4.52. The number of methoxy groups -OCH3 is 1. The average Bonchev–Trinajstić information content (AvgIpc) is 2.97. The van der Waals surface area contributed by atoms with Crippen molar-refractivity contribution >= 4 is 16.9 Å². The maximum absolute atomic E-state index is 12.6. The van der Waals surface area contributed by atoms with E-state index >= 15 is 0 Å². The number of hydrogen-bond acceptors (Lipinski definition) is 3. The summed E-state index contributed by atoms with van der Waals surface area (Å²) in [5.74, 6) is 0.838. The largest absolute Gasteiger partial charge is 0.497 e. The van der Waals surface area contributed by atoms with Gasteiger partial charge in [0.2, 0.25) is 5.91 Å². The van der Waals surface area contributed by atoms with Crippen LogP contribution in [0.4, 0.5) is 0 Å². The number of aryl methyl sites for hydroxylation is 2. The molecule has 130 valence electrons. The van der Waals surface area contributed by atoms with Gasteiger partial charge in [0.25, 0.3) is 0 Å². The van der Waals surface area contributed by atoms with Gasteiger partial charge in [-0.15, -0.1) is 0 Å². The number of imidazole rings is 1. The van der Waals surface area contributed by atoms with Crippen LogP contribution in [-0.2, 0) is 17.9 Å². The number of ether oxygens (including phenoxy) is 1. The second kappa shape index (κ2) is 6.97. The van der Waals surface area contributed by atoms with Gasteiger partial charge in [0.05, 0.1) is 24.5 Å². The number of carbonyl (C=O) groups excluding carboxylic acids is 1. The van der Waals surface area contributed by atoms with Crippen molar-refractivity contribution in [1.29, 1.82) is 0 Å². The minimum absolute atomic E-state index is 0.0420. The van der Waals surface area contributed by atoms with E-state index in [4.69, 9.17) is 4.74 Å². The van der Waals surface area contributed by atoms with Crippen molar-refractivity contribution in [2.24, 2.45) is 0 Å². The molecular formula is C20H23N3O2. The third-order valence-electron chi connectivity index (χ3n) is 4.52. The van der Waals surface area contributed by atoms with E-state index in [0.717, 1.165) is 22.3 Å². The molecule has 0 fully saturated rings. The van der Waals surface area contributed by atoms with E-state index in [1.807, 2.05) is 35.9 Å². The summed E-state index contributed by atoms with van der Waals surface area (Å²) in [5, 5.41) is 0. The molecule has 0 aliphatic carbocycles. The van der Waals surface area contributed by atoms with E-state index < -0.39 is 0 Å². The van der Waals surface area contributed by atoms with Crippen molar-refractivity contribution in [2.75, 3.05) is 14.2 Å². The molecule has 5 heteroatoms. The summed E-state index contributed by atoms with van der Waals surface area (Å²) >= 11 is 0. The summed E-state index contributed by atoms with van der Waals surface area (Å²) in [6.45, 7) is 4.96. The molecule has 0 spiro atoms. The minimum atomic E-state index is 0.0420. The Morgan fingerprint density at radius 2 is 1.96 bits per heavy atom. The van der Waals surface area contributed by atoms with Crippen LogP contribution >= 0.6 is 0 Å². The van der Waals surface area contributed by atoms with Crippen LogP contribution in [-0.4, -0.2) is 34.5 Å². The lowest BCUT2D eigenvalue weighted by atomic mass is 10.1. The summed E-state index contributed by atoms with van der Waals surface area (Å²) in [5.41, 5.74) is 5.36. The van der Waals surface area contributed by atoms with Gasteiger partial charge in [-0.25, -0.2) is 4.98 Å². The first-order valence-corrected chi connectivity index (χ1v) is 8.27. The lowest BCUT2D eigenvalue weighted by Gasteiger charge is -2.18. The molecule has 0 aliphatic heterocycles. The summed E-state index contributed by atoms with van der Waals surface area (Å²) in [4.78, 5) is 18.8. The van der Waals surface area contributed by atoms with Gasteiger partial charge in [-0.05, 0) is 54.8 Å². The fourth-order valence-electron chi connectivity index (χ4n) is 2.84. The number of hydrogen-bond donors (Lipinski definition) is 0. The molecule has 0 bridgehead atoms. The Labute approximate surface area is 147 Å². The van der Waals surface area contributed by atoms with Crippen LogP contribution in [0.5, 0.6) is 5.75 Å². The number of likely N-dealkylation sites (N-methyl/N-ethyl adjacent to an activating group) is 1. The highest BCUT2D eigenvalue weighted by Gasteiger charge is 2.13. The Morgan fingerprint density at radius 1 is 1.20 bits per heavy atom. The number of rotatable bonds is 5. The van der Waals surface area contributed by atoms with E-state index in [1.165, 1.54) is 11.1 Å². The molecule has 2 aromatic carbocycles. The van der Waals surface area contributed by atoms with Gasteiger partial charge in [0.15, 0.2) is 0 Å². The standard InChI is InChI=1S/C20H23N3O2/c1-14-8-18-19(9-15(14)2)23(13-21-18)12-20(24)22(3)11-16-6-5-7-17(10-16)25-4/h5-10,13H,11-12H2,1-4H3. The normalized spacial score (nSPS) is 10.9. The first kappa shape index (κ1) is 17.0. The zero-order valence-corrected chi connectivity index (χ0v) is 15.1. The van der Waals surface area contributed by atoms with Crippen LogP contribution in [0.1, 0.15) is 16.7 Å². The van der Waals surface area contributed by atoms with Crippen LogP contribution in [0.2, 0.25) is 0 Å². The van der Waals surface area contributed by atoms with Crippen LogP contribution in [0.15, 0.2) is 42.7 Å². The molecule has 1 aromatic heterocycles. The summed E-state index contributed by atoms with van der Waals surface area (Å²) in [6, 6.07) is 11.9. The van der Waals surface area contributed by atoms with E-state index in [1.54, 1.807) is 18.3 Å². The number of benzene rings is 2. The highest BCUT2D eigenvalue weighted by atomic mass is 16.5. The Hall–Kier alpha value is -2.82. The average molecular weight is 337 g/mol. The van der Waals surface area contributed by atoms with E-state index in [9.17, 15) is 4.79 Å². The van der Waals surface area contributed by atoms with Crippen LogP contribution in [0.25, 0.3) is 11.0 Å². The van der Waals surface area contributed by atoms with Gasteiger partial charge in [-0.3, -0.25) is 4.79 Å². The second-order valence-corrected chi connectivity index (χ2v) is 6.40. The van der Waals surface area contributed by atoms with Crippen LogP contribution < -0.4 is 4.74 Å². The molecule has 1 amide bonds. The third kappa shape index (κ3) is 3.65. The van der Waals surface area contributed by atoms with E-state index in [-0.39, 0.29) is 12.5 Å². The molecule has 0 saturated carbocycles. The minimum Gasteiger partial charge on any atom is -0.497 e. The predicted molar refractivity (Wildman–Crippen MR) is 98.7 cm³/mol. The number of nitrogens with zero attached hydrogens (tertiary/aromatic N) is 3. The van der Waals surface area contributed by atoms with Gasteiger partial charge in [0.1, 0.15) is 12.3 Å². The number of amides is 1. The van der Waals surface area contributed by atoms with Gasteiger partial charge in [-0.2, -0.15) is 0 Å². The van der Waals surface area contributed by atoms with E-state index in [0.29, 0.717) is 6.54 Å². The lowest BCUT2D eigenvalue weighted by molar-refractivity contribution is -0.131. The molecule has 0 unspecified atom stereocenters. The second-order valence-electron chi connectivity index (χ2n) is 6.40. The molecule has 3 rings (SSSR count). The van der Waals surface area contributed by atoms with Crippen molar-refractivity contribution in [2.45, 2.75) is 26.9 Å². The summed E-state index contributed by atoms with van der Waals surface area (Å²) < 4.78 is 7.14. The molecular weight excluding hydrogens is 314 g/mol. The smallest absolute Gasteiger partial charge is 0.242 e. The first-order valence-electron chi connectivity index (χ1n) is 8.27. The number of carbonyl (C=O) groups is 1. The zero-order valence-electron chi connectivity index (χ0n) is 15.1. The Kier molecular flexibility index (Phi) is 4.74. The van der Waals surface area contributed by atoms with Crippen molar-refractivity contribution in [3.63, 3.8) is 0 Å². The monoisotopic (exact) mass is 337 g/mol. The molecule has 3 aromatic rings. The zero-order chi connectivity index (χ0) is 18.0. The molecule has 0 N–H and O–H groups in total. The van der Waals surface area contributed by atoms with Crippen LogP contribution in [0.3, 0.4) is 0 Å². The van der Waals surface area contributed by atoms with Gasteiger partial charge in [0, 0.05) is 13.6 Å². The van der Waals surface area contributed by atoms with Crippen molar-refractivity contribution in [1.82, 2.24) is 14.5 Å². The molecule has 1 heterocycles. The molecule has 0 atom stereocenters. The molecule has 25 heavy (non-hydrogen) atoms. The maximum atomic E-state index is 12.6. The molecule has 0 aliphatic rings. The summed E-state index contributed by atoms with van der Waals surface area (Å²) in [6.07, 6.45) is 1.74. The highest BCUT2D eigenvalue weighted by molar-refractivity contribution is 5.81. The topological polar surface area (TPSA) is 47.4 Å². The molecule has 0 radical (unpaired) electrons. The predicted octanol–water partition coefficient (Wildman–Crippen LogP) is 3.32. The van der Waals surface area contributed by atoms with Crippen LogP contribution in [0, 0.1) is 13.8 Å². The fourth-order valence-corrected chi connectivity index (χ4v) is 2.84. The molecule has 5 nitrogen and oxygen atoms in total. The molecule has 0 saturated heterocycles. The summed E-state index contributed by atoms with van der Waals surface area (Å²) in [7, 11) is 3.46. The Morgan fingerprint density at radius 3 is 2.72 bits per heavy atom. The quantitative estimate of drug-likeness (QED) is 0.717. The number of fused-ring (bicyclic) bond motifs is 1. The number of aromatic nitrogens is 2. The Bertz CT molecular complexity index is 914. The first-order chi connectivity index (χ1) is 12.0. The fraction of sp³-hybridized carbons (Fsp3) is 0.300. The van der Waals surface area contributed by atoms with Crippen molar-refractivity contribution in [3.8, 4) is 5.75 Å². The highest BCUT2D eigenvalue weighted by Crippen LogP contribution is 2.19. The SMILES string of the molecule is COc1cccc(CN(C)C(=O)Cn2cnc3cc(C)c(C)cc32)c1. The van der Waals surface area contributed by atoms with Gasteiger partial charge < -0.3 is 14.2 Å². The van der Waals surface area contributed by atoms with Crippen molar-refractivity contribution in [3.05, 3.63) is 59.4 Å². The Balaban J connectivity index is 1.74. The lowest BCUT2D eigenvalue weighted by Crippen LogP contribution is -2.29.